The summed E-state index contributed by atoms with van der Waals surface area (Å²) in [5.74, 6) is 1.03. The van der Waals surface area contributed by atoms with E-state index < -0.39 is 6.10 Å². The van der Waals surface area contributed by atoms with E-state index in [1.54, 1.807) is 18.2 Å². The van der Waals surface area contributed by atoms with Gasteiger partial charge in [0.2, 0.25) is 0 Å². The summed E-state index contributed by atoms with van der Waals surface area (Å²) in [6.07, 6.45) is -0.643. The van der Waals surface area contributed by atoms with E-state index in [0.717, 1.165) is 0 Å². The Balaban J connectivity index is 2.55. The van der Waals surface area contributed by atoms with Crippen LogP contribution in [0.25, 0.3) is 0 Å². The quantitative estimate of drug-likeness (QED) is 0.813. The highest BCUT2D eigenvalue weighted by molar-refractivity contribution is 5.43. The third kappa shape index (κ3) is 5.60. The Morgan fingerprint density at radius 2 is 1.89 bits per heavy atom. The number of hydrogen-bond donors (Lipinski definition) is 1. The second kappa shape index (κ2) is 7.62. The Kier molecular flexibility index (Phi) is 6.13. The molecule has 0 saturated carbocycles. The van der Waals surface area contributed by atoms with Gasteiger partial charge >= 0.3 is 0 Å². The Morgan fingerprint density at radius 1 is 1.21 bits per heavy atom. The molecule has 1 N–H and O–H groups in total. The van der Waals surface area contributed by atoms with E-state index in [1.807, 2.05) is 19.9 Å². The number of benzene rings is 1. The first-order chi connectivity index (χ1) is 9.05. The molecule has 0 aliphatic carbocycles. The molecule has 1 unspecified atom stereocenters. The number of aliphatic hydroxyl groups is 1. The molecule has 0 amide bonds. The Morgan fingerprint density at radius 3 is 2.47 bits per heavy atom. The highest BCUT2D eigenvalue weighted by Gasteiger charge is 2.08. The van der Waals surface area contributed by atoms with Gasteiger partial charge in [-0.05, 0) is 26.0 Å². The van der Waals surface area contributed by atoms with Gasteiger partial charge in [0.1, 0.15) is 24.2 Å². The first-order valence-corrected chi connectivity index (χ1v) is 6.06. The fourth-order valence-corrected chi connectivity index (χ4v) is 1.38. The Hall–Kier alpha value is -1.77. The zero-order valence-electron chi connectivity index (χ0n) is 11.4. The first kappa shape index (κ1) is 15.3. The molecule has 19 heavy (non-hydrogen) atoms. The lowest BCUT2D eigenvalue weighted by molar-refractivity contribution is -0.0123. The number of nitriles is 1. The van der Waals surface area contributed by atoms with E-state index in [1.165, 1.54) is 7.11 Å². The topological polar surface area (TPSA) is 71.7 Å². The fourth-order valence-electron chi connectivity index (χ4n) is 1.38. The van der Waals surface area contributed by atoms with Crippen molar-refractivity contribution in [2.75, 3.05) is 20.3 Å². The number of hydrogen-bond acceptors (Lipinski definition) is 5. The zero-order valence-corrected chi connectivity index (χ0v) is 11.4. The first-order valence-electron chi connectivity index (χ1n) is 6.06. The minimum Gasteiger partial charge on any atom is -0.497 e. The van der Waals surface area contributed by atoms with Crippen LogP contribution in [0.5, 0.6) is 11.5 Å². The Labute approximate surface area is 113 Å². The molecule has 1 aromatic carbocycles. The van der Waals surface area contributed by atoms with E-state index in [9.17, 15) is 5.11 Å². The highest BCUT2D eigenvalue weighted by Crippen LogP contribution is 2.22. The number of aliphatic hydroxyl groups excluding tert-OH is 1. The van der Waals surface area contributed by atoms with Crippen LogP contribution in [0, 0.1) is 11.3 Å². The van der Waals surface area contributed by atoms with Crippen molar-refractivity contribution in [3.05, 3.63) is 23.8 Å². The van der Waals surface area contributed by atoms with Gasteiger partial charge < -0.3 is 19.3 Å². The lowest BCUT2D eigenvalue weighted by Crippen LogP contribution is -2.25. The van der Waals surface area contributed by atoms with Gasteiger partial charge in [0, 0.05) is 6.07 Å². The molecule has 1 rings (SSSR count). The lowest BCUT2D eigenvalue weighted by atomic mass is 10.2. The second-order valence-corrected chi connectivity index (χ2v) is 4.36. The van der Waals surface area contributed by atoms with Gasteiger partial charge in [0.05, 0.1) is 31.5 Å². The van der Waals surface area contributed by atoms with Crippen LogP contribution in [0.15, 0.2) is 18.2 Å². The molecule has 0 saturated heterocycles. The second-order valence-electron chi connectivity index (χ2n) is 4.36. The van der Waals surface area contributed by atoms with Crippen molar-refractivity contribution in [1.82, 2.24) is 0 Å². The summed E-state index contributed by atoms with van der Waals surface area (Å²) in [5.41, 5.74) is 0.447. The van der Waals surface area contributed by atoms with Crippen LogP contribution in [-0.2, 0) is 4.74 Å². The van der Waals surface area contributed by atoms with Crippen LogP contribution in [-0.4, -0.2) is 37.6 Å². The van der Waals surface area contributed by atoms with Crippen LogP contribution < -0.4 is 9.47 Å². The van der Waals surface area contributed by atoms with E-state index in [0.29, 0.717) is 17.1 Å². The molecule has 104 valence electrons. The summed E-state index contributed by atoms with van der Waals surface area (Å²) < 4.78 is 15.8. The monoisotopic (exact) mass is 265 g/mol. The van der Waals surface area contributed by atoms with Gasteiger partial charge in [-0.25, -0.2) is 0 Å². The van der Waals surface area contributed by atoms with Gasteiger partial charge in [0.25, 0.3) is 0 Å². The summed E-state index contributed by atoms with van der Waals surface area (Å²) in [6.45, 7) is 4.11. The summed E-state index contributed by atoms with van der Waals surface area (Å²) in [7, 11) is 1.52. The maximum atomic E-state index is 9.67. The van der Waals surface area contributed by atoms with Crippen molar-refractivity contribution in [1.29, 1.82) is 5.26 Å². The predicted molar refractivity (Wildman–Crippen MR) is 70.3 cm³/mol. The molecule has 0 bridgehead atoms. The maximum absolute atomic E-state index is 9.67. The van der Waals surface area contributed by atoms with Crippen LogP contribution in [0.1, 0.15) is 19.4 Å². The molecule has 0 heterocycles. The molecule has 0 aliphatic rings. The molecule has 0 fully saturated rings. The van der Waals surface area contributed by atoms with Gasteiger partial charge in [-0.3, -0.25) is 0 Å². The van der Waals surface area contributed by atoms with Crippen molar-refractivity contribution >= 4 is 0 Å². The van der Waals surface area contributed by atoms with Crippen molar-refractivity contribution < 1.29 is 19.3 Å². The number of rotatable bonds is 7. The van der Waals surface area contributed by atoms with Crippen molar-refractivity contribution in [3.8, 4) is 17.6 Å². The zero-order chi connectivity index (χ0) is 14.3. The van der Waals surface area contributed by atoms with Crippen molar-refractivity contribution in [2.24, 2.45) is 0 Å². The van der Waals surface area contributed by atoms with Crippen molar-refractivity contribution in [3.63, 3.8) is 0 Å². The largest absolute Gasteiger partial charge is 0.497 e. The normalized spacial score (nSPS) is 12.0. The highest BCUT2D eigenvalue weighted by atomic mass is 16.5. The minimum atomic E-state index is -0.709. The molecular weight excluding hydrogens is 246 g/mol. The van der Waals surface area contributed by atoms with E-state index in [4.69, 9.17) is 19.5 Å². The third-order valence-electron chi connectivity index (χ3n) is 2.31. The molecular formula is C14H19NO4. The summed E-state index contributed by atoms with van der Waals surface area (Å²) >= 11 is 0. The maximum Gasteiger partial charge on any atom is 0.124 e. The van der Waals surface area contributed by atoms with E-state index in [-0.39, 0.29) is 19.3 Å². The summed E-state index contributed by atoms with van der Waals surface area (Å²) in [6, 6.07) is 6.90. The smallest absolute Gasteiger partial charge is 0.124 e. The fraction of sp³-hybridized carbons (Fsp3) is 0.500. The standard InChI is InChI=1S/C14H19NO4/c1-10(2)18-8-12(16)9-19-14-5-11(7-15)4-13(6-14)17-3/h4-6,10,12,16H,8-9H2,1-3H3. The average Bonchev–Trinajstić information content (AvgIpc) is 2.42. The molecule has 0 aliphatic heterocycles. The van der Waals surface area contributed by atoms with Crippen LogP contribution >= 0.6 is 0 Å². The molecule has 5 nitrogen and oxygen atoms in total. The van der Waals surface area contributed by atoms with Crippen LogP contribution in [0.3, 0.4) is 0 Å². The minimum absolute atomic E-state index is 0.0664. The van der Waals surface area contributed by atoms with Crippen LogP contribution in [0.2, 0.25) is 0 Å². The number of methoxy groups -OCH3 is 1. The SMILES string of the molecule is COc1cc(C#N)cc(OCC(O)COC(C)C)c1. The number of ether oxygens (including phenoxy) is 3. The molecule has 1 atom stereocenters. The molecule has 5 heteroatoms. The summed E-state index contributed by atoms with van der Waals surface area (Å²) in [5, 5.41) is 18.5. The van der Waals surface area contributed by atoms with E-state index in [2.05, 4.69) is 0 Å². The molecule has 1 aromatic rings. The van der Waals surface area contributed by atoms with Crippen molar-refractivity contribution in [2.45, 2.75) is 26.1 Å². The van der Waals surface area contributed by atoms with Crippen LogP contribution in [0.4, 0.5) is 0 Å². The molecule has 0 spiro atoms. The predicted octanol–water partition coefficient (Wildman–Crippen LogP) is 1.73. The molecule has 0 aromatic heterocycles. The third-order valence-corrected chi connectivity index (χ3v) is 2.31. The van der Waals surface area contributed by atoms with Gasteiger partial charge in [-0.15, -0.1) is 0 Å². The number of nitrogens with zero attached hydrogens (tertiary/aromatic N) is 1. The van der Waals surface area contributed by atoms with Gasteiger partial charge in [-0.2, -0.15) is 5.26 Å². The van der Waals surface area contributed by atoms with E-state index >= 15 is 0 Å². The average molecular weight is 265 g/mol. The Bertz CT molecular complexity index is 440. The van der Waals surface area contributed by atoms with Gasteiger partial charge in [0.15, 0.2) is 0 Å². The van der Waals surface area contributed by atoms with Gasteiger partial charge in [-0.1, -0.05) is 0 Å². The lowest BCUT2D eigenvalue weighted by Gasteiger charge is -2.15. The summed E-state index contributed by atoms with van der Waals surface area (Å²) in [4.78, 5) is 0. The molecule has 0 radical (unpaired) electrons.